The van der Waals surface area contributed by atoms with E-state index in [1.165, 1.54) is 5.56 Å². The molecule has 25 heavy (non-hydrogen) atoms. The van der Waals surface area contributed by atoms with Crippen molar-refractivity contribution in [2.24, 2.45) is 0 Å². The molecule has 0 aliphatic heterocycles. The predicted octanol–water partition coefficient (Wildman–Crippen LogP) is 4.77. The van der Waals surface area contributed by atoms with E-state index in [4.69, 9.17) is 16.3 Å². The number of nitrogens with one attached hydrogen (secondary N) is 1. The molecule has 0 fully saturated rings. The summed E-state index contributed by atoms with van der Waals surface area (Å²) < 4.78 is 5.72. The van der Waals surface area contributed by atoms with Crippen molar-refractivity contribution in [3.8, 4) is 5.75 Å². The molecule has 2 aromatic rings. The van der Waals surface area contributed by atoms with Gasteiger partial charge in [-0.25, -0.2) is 0 Å². The molecule has 0 heterocycles. The molecule has 1 N–H and O–H groups in total. The van der Waals surface area contributed by atoms with Gasteiger partial charge in [-0.2, -0.15) is 11.8 Å². The lowest BCUT2D eigenvalue weighted by Crippen LogP contribution is -2.37. The number of benzene rings is 2. The van der Waals surface area contributed by atoms with E-state index in [0.29, 0.717) is 6.54 Å². The average Bonchev–Trinajstić information content (AvgIpc) is 2.59. The number of aryl methyl sites for hydroxylation is 2. The lowest BCUT2D eigenvalue weighted by Gasteiger charge is -2.15. The minimum Gasteiger partial charge on any atom is -0.481 e. The second kappa shape index (κ2) is 9.73. The van der Waals surface area contributed by atoms with Gasteiger partial charge in [0.05, 0.1) is 0 Å². The van der Waals surface area contributed by atoms with Crippen LogP contribution in [0.1, 0.15) is 23.6 Å². The number of hydrogen-bond acceptors (Lipinski definition) is 3. The third-order valence-electron chi connectivity index (χ3n) is 3.92. The Hall–Kier alpha value is -1.65. The van der Waals surface area contributed by atoms with Crippen LogP contribution in [0.15, 0.2) is 42.5 Å². The third kappa shape index (κ3) is 6.29. The van der Waals surface area contributed by atoms with E-state index in [-0.39, 0.29) is 5.91 Å². The maximum absolute atomic E-state index is 12.1. The lowest BCUT2D eigenvalue weighted by molar-refractivity contribution is -0.127. The molecule has 2 rings (SSSR count). The average molecular weight is 378 g/mol. The van der Waals surface area contributed by atoms with Gasteiger partial charge in [-0.3, -0.25) is 4.79 Å². The van der Waals surface area contributed by atoms with E-state index >= 15 is 0 Å². The highest BCUT2D eigenvalue weighted by Crippen LogP contribution is 2.20. The van der Waals surface area contributed by atoms with Crippen LogP contribution in [0.25, 0.3) is 0 Å². The van der Waals surface area contributed by atoms with Crippen molar-refractivity contribution in [1.29, 1.82) is 0 Å². The zero-order valence-electron chi connectivity index (χ0n) is 14.8. The van der Waals surface area contributed by atoms with Crippen LogP contribution in [0.2, 0.25) is 5.02 Å². The smallest absolute Gasteiger partial charge is 0.260 e. The van der Waals surface area contributed by atoms with Gasteiger partial charge in [-0.1, -0.05) is 35.9 Å². The first-order chi connectivity index (χ1) is 12.0. The highest BCUT2D eigenvalue weighted by molar-refractivity contribution is 7.98. The van der Waals surface area contributed by atoms with E-state index in [9.17, 15) is 4.79 Å². The molecule has 0 aromatic heterocycles. The van der Waals surface area contributed by atoms with Crippen LogP contribution >= 0.6 is 23.4 Å². The third-order valence-corrected chi connectivity index (χ3v) is 5.30. The van der Waals surface area contributed by atoms with Crippen LogP contribution in [0.4, 0.5) is 0 Å². The Morgan fingerprint density at radius 3 is 2.68 bits per heavy atom. The molecule has 0 unspecified atom stereocenters. The second-order valence-corrected chi connectivity index (χ2v) is 7.45. The molecule has 1 amide bonds. The molecule has 0 radical (unpaired) electrons. The number of carbonyl (C=O) groups excluding carboxylic acids is 1. The summed E-state index contributed by atoms with van der Waals surface area (Å²) in [5, 5.41) is 3.70. The number of thioether (sulfide) groups is 1. The number of ether oxygens (including phenoxy) is 1. The molecule has 0 bridgehead atoms. The van der Waals surface area contributed by atoms with Gasteiger partial charge < -0.3 is 10.1 Å². The molecule has 2 aromatic carbocycles. The first-order valence-corrected chi connectivity index (χ1v) is 9.83. The number of carbonyl (C=O) groups is 1. The van der Waals surface area contributed by atoms with Gasteiger partial charge in [-0.05, 0) is 55.7 Å². The van der Waals surface area contributed by atoms with Gasteiger partial charge in [0.2, 0.25) is 0 Å². The fraction of sp³-hybridized carbons (Fsp3) is 0.350. The van der Waals surface area contributed by atoms with E-state index in [1.807, 2.05) is 49.4 Å². The largest absolute Gasteiger partial charge is 0.481 e. The molecule has 3 nitrogen and oxygen atoms in total. The van der Waals surface area contributed by atoms with Gasteiger partial charge in [-0.15, -0.1) is 0 Å². The van der Waals surface area contributed by atoms with Crippen LogP contribution < -0.4 is 10.1 Å². The summed E-state index contributed by atoms with van der Waals surface area (Å²) in [6, 6.07) is 13.7. The monoisotopic (exact) mass is 377 g/mol. The van der Waals surface area contributed by atoms with Crippen LogP contribution in [-0.2, 0) is 10.5 Å². The standard InChI is InChI=1S/C20H24ClNO2S/c1-14-8-9-18(12-15(14)2)24-16(3)20(23)22-10-11-25-13-17-6-4-5-7-19(17)21/h4-9,12,16H,10-11,13H2,1-3H3,(H,22,23)/t16-/m1/s1. The van der Waals surface area contributed by atoms with Gasteiger partial charge in [0, 0.05) is 23.1 Å². The van der Waals surface area contributed by atoms with E-state index in [1.54, 1.807) is 18.7 Å². The van der Waals surface area contributed by atoms with Crippen molar-refractivity contribution in [3.05, 3.63) is 64.2 Å². The lowest BCUT2D eigenvalue weighted by atomic mass is 10.1. The predicted molar refractivity (Wildman–Crippen MR) is 107 cm³/mol. The molecular weight excluding hydrogens is 354 g/mol. The quantitative estimate of drug-likeness (QED) is 0.673. The van der Waals surface area contributed by atoms with Crippen LogP contribution in [0, 0.1) is 13.8 Å². The molecule has 0 saturated carbocycles. The number of halogens is 1. The highest BCUT2D eigenvalue weighted by atomic mass is 35.5. The van der Waals surface area contributed by atoms with Crippen molar-refractivity contribution < 1.29 is 9.53 Å². The first kappa shape index (κ1) is 19.7. The molecule has 5 heteroatoms. The summed E-state index contributed by atoms with van der Waals surface area (Å²) in [4.78, 5) is 12.1. The normalized spacial score (nSPS) is 11.8. The Morgan fingerprint density at radius 2 is 1.96 bits per heavy atom. The fourth-order valence-electron chi connectivity index (χ4n) is 2.23. The summed E-state index contributed by atoms with van der Waals surface area (Å²) in [6.45, 7) is 6.45. The molecule has 0 saturated heterocycles. The molecule has 0 spiro atoms. The van der Waals surface area contributed by atoms with Crippen LogP contribution in [0.3, 0.4) is 0 Å². The van der Waals surface area contributed by atoms with Crippen LogP contribution in [-0.4, -0.2) is 24.3 Å². The Kier molecular flexibility index (Phi) is 7.66. The summed E-state index contributed by atoms with van der Waals surface area (Å²) in [7, 11) is 0. The Bertz CT molecular complexity index is 721. The minimum atomic E-state index is -0.518. The number of hydrogen-bond donors (Lipinski definition) is 1. The van der Waals surface area contributed by atoms with Gasteiger partial charge >= 0.3 is 0 Å². The molecule has 1 atom stereocenters. The van der Waals surface area contributed by atoms with E-state index in [0.717, 1.165) is 33.4 Å². The maximum atomic E-state index is 12.1. The summed E-state index contributed by atoms with van der Waals surface area (Å²) >= 11 is 7.87. The minimum absolute atomic E-state index is 0.100. The topological polar surface area (TPSA) is 38.3 Å². The van der Waals surface area contributed by atoms with E-state index < -0.39 is 6.10 Å². The molecule has 0 aliphatic carbocycles. The van der Waals surface area contributed by atoms with Crippen molar-refractivity contribution in [3.63, 3.8) is 0 Å². The van der Waals surface area contributed by atoms with Gasteiger partial charge in [0.25, 0.3) is 5.91 Å². The summed E-state index contributed by atoms with van der Waals surface area (Å²) in [5.41, 5.74) is 3.48. The molecular formula is C20H24ClNO2S. The van der Waals surface area contributed by atoms with E-state index in [2.05, 4.69) is 12.2 Å². The SMILES string of the molecule is Cc1ccc(O[C@H](C)C(=O)NCCSCc2ccccc2Cl)cc1C. The highest BCUT2D eigenvalue weighted by Gasteiger charge is 2.14. The van der Waals surface area contributed by atoms with Crippen molar-refractivity contribution in [2.45, 2.75) is 32.6 Å². The van der Waals surface area contributed by atoms with Crippen molar-refractivity contribution >= 4 is 29.3 Å². The zero-order valence-corrected chi connectivity index (χ0v) is 16.4. The maximum Gasteiger partial charge on any atom is 0.260 e. The summed E-state index contributed by atoms with van der Waals surface area (Å²) in [5.74, 6) is 2.29. The fourth-order valence-corrected chi connectivity index (χ4v) is 3.38. The Labute approximate surface area is 159 Å². The second-order valence-electron chi connectivity index (χ2n) is 5.94. The van der Waals surface area contributed by atoms with Crippen LogP contribution in [0.5, 0.6) is 5.75 Å². The summed E-state index contributed by atoms with van der Waals surface area (Å²) in [6.07, 6.45) is -0.518. The van der Waals surface area contributed by atoms with Gasteiger partial charge in [0.15, 0.2) is 6.10 Å². The zero-order chi connectivity index (χ0) is 18.2. The Morgan fingerprint density at radius 1 is 1.20 bits per heavy atom. The first-order valence-electron chi connectivity index (χ1n) is 8.30. The number of amides is 1. The van der Waals surface area contributed by atoms with Crippen molar-refractivity contribution in [2.75, 3.05) is 12.3 Å². The molecule has 134 valence electrons. The molecule has 0 aliphatic rings. The van der Waals surface area contributed by atoms with Gasteiger partial charge in [0.1, 0.15) is 5.75 Å². The van der Waals surface area contributed by atoms with Crippen molar-refractivity contribution in [1.82, 2.24) is 5.32 Å². The number of rotatable bonds is 8. The Balaban J connectivity index is 1.69.